The van der Waals surface area contributed by atoms with E-state index < -0.39 is 81.4 Å². The van der Waals surface area contributed by atoms with E-state index in [9.17, 15) is 58.5 Å². The second-order valence-corrected chi connectivity index (χ2v) is 37.9. The summed E-state index contributed by atoms with van der Waals surface area (Å²) in [4.78, 5) is 103. The van der Waals surface area contributed by atoms with Crippen LogP contribution in [0.4, 0.5) is 4.79 Å². The summed E-state index contributed by atoms with van der Waals surface area (Å²) in [5.41, 5.74) is 10.7. The third-order valence-electron chi connectivity index (χ3n) is 13.2. The Bertz CT molecular complexity index is 5210. The number of azo groups is 1. The number of hydrogen-bond donors (Lipinski definition) is 6. The van der Waals surface area contributed by atoms with E-state index in [-0.39, 0.29) is 46.9 Å². The summed E-state index contributed by atoms with van der Waals surface area (Å²) in [5, 5.41) is 57.7. The number of Topliss-reactive ketones (excluding diaryl/α,β-unsaturated/α-hetero) is 2. The number of aliphatic hydroxyl groups is 3. The molecule has 0 spiro atoms. The summed E-state index contributed by atoms with van der Waals surface area (Å²) < 4.78 is 32.6. The fraction of sp³-hybridized carbons (Fsp3) is 0.269. The molecule has 0 fully saturated rings. The van der Waals surface area contributed by atoms with Crippen molar-refractivity contribution in [2.75, 3.05) is 35.5 Å². The number of aromatic nitrogens is 2. The molecule has 5 radical (unpaired) electrons. The van der Waals surface area contributed by atoms with E-state index in [2.05, 4.69) is 88.4 Å². The van der Waals surface area contributed by atoms with Crippen molar-refractivity contribution in [2.24, 2.45) is 15.3 Å². The predicted octanol–water partition coefficient (Wildman–Crippen LogP) is 25.1. The standard InChI is InChI=1S/C14H16Cl2N2O5S.C9H8Cl2N2O3S.C9H7Cl2NO3S.C9H8Cl2O3S.C9H7ClN2O3S.C7H6Cl2OS.C5H4Cl2S.C5H6S.B2/c1-6-7(11(16)24-10(6)15)9(19)8(12(20)22-5)17-18-13(21)23-14(2,3)4;1-3-4(8(11)17-7(3)10)6(14)5(13-12)9(15)16-2;1-3-4(8(11)16-7(3)10)6(13)5(12)9(14)15-2;1-4-7(9(11)15-8(4)10)5(12)3-6(13)14-2;1-3-4-6(13)5(9(14)15-2)11-12-8(4)16-7(3)10;1-3-5(4(2)10)7(9)11-6(3)8;1-3-2-4(6)8-5(3)7;1-5-2-3-6-4-5;1-2/h19H,1-5H3;12,14H,1-2H3;12H,1-2H3;3,12H,1-2H3;1-2H3,(H,12,13);1-2H3;2H,1H3;2-4H,1H3;/q;;;;;;;;-1/b;;;5-3-;;;;;. The number of hydrogen-bond acceptors (Lipinski definition) is 31. The maximum absolute atomic E-state index is 11.9. The molecule has 0 saturated carbocycles. The number of nitrogens with one attached hydrogen (secondary N) is 3. The fourth-order valence-corrected chi connectivity index (χ4v) is 19.4. The molecule has 6 N–H and O–H groups in total. The summed E-state index contributed by atoms with van der Waals surface area (Å²) in [5.74, 6) is -6.50. The minimum atomic E-state index is -1.03. The van der Waals surface area contributed by atoms with Crippen LogP contribution in [-0.2, 0) is 47.6 Å². The van der Waals surface area contributed by atoms with Gasteiger partial charge in [-0.2, -0.15) is 16.4 Å². The van der Waals surface area contributed by atoms with Crippen molar-refractivity contribution >= 4 is 338 Å². The second-order valence-electron chi connectivity index (χ2n) is 22.1. The van der Waals surface area contributed by atoms with Crippen LogP contribution in [0.3, 0.4) is 0 Å². The number of aromatic amines is 1. The highest BCUT2D eigenvalue weighted by Crippen LogP contribution is 2.44. The van der Waals surface area contributed by atoms with Crippen LogP contribution in [0.25, 0.3) is 27.5 Å². The van der Waals surface area contributed by atoms with Crippen LogP contribution in [0.1, 0.15) is 120 Å². The lowest BCUT2D eigenvalue weighted by atomic mass is 9.81. The minimum absolute atomic E-state index is 0.0318. The third-order valence-corrected chi connectivity index (χ3v) is 26.2. The lowest BCUT2D eigenvalue weighted by Gasteiger charge is -2.16. The van der Waals surface area contributed by atoms with Gasteiger partial charge in [-0.15, -0.1) is 89.6 Å². The zero-order chi connectivity index (χ0) is 88.9. The van der Waals surface area contributed by atoms with E-state index >= 15 is 0 Å². The Morgan fingerprint density at radius 2 is 0.948 bits per heavy atom. The molecule has 0 aliphatic rings. The highest BCUT2D eigenvalue weighted by atomic mass is 35.5. The number of aryl methyl sites for hydroxylation is 3. The number of halogens is 13. The first kappa shape index (κ1) is 107. The first-order valence-electron chi connectivity index (χ1n) is 30.5. The Morgan fingerprint density at radius 3 is 1.26 bits per heavy atom. The summed E-state index contributed by atoms with van der Waals surface area (Å²) in [7, 11) is 13.7. The van der Waals surface area contributed by atoms with Crippen LogP contribution in [-0.4, -0.2) is 135 Å². The van der Waals surface area contributed by atoms with E-state index in [1.54, 1.807) is 73.7 Å². The SMILES string of the molecule is CC(=O)c1c(Cl)sc(Cl)c1C.COC(=O)/C=C(\O)c1c(Cl)sc(Cl)c1C.COC(=O)C(=N)C(=O)c1c(Cl)sc(Cl)c1C.COC(=O)C(N=N)=C(O)c1c(Cl)sc(Cl)c1C.COC(=O)C(N=NC(=O)OC(C)(C)C)=C(O)c1c(Cl)sc(Cl)c1C.COC(=O)c1n[nH]c2sc(Cl)c(C)c2c1=O.Cc1cc(Cl)sc1Cl.Cc1ccsc1.[B][B-]. The van der Waals surface area contributed by atoms with Gasteiger partial charge in [0.05, 0.1) is 110 Å². The van der Waals surface area contributed by atoms with Gasteiger partial charge < -0.3 is 59.2 Å². The molecule has 0 atom stereocenters. The van der Waals surface area contributed by atoms with Gasteiger partial charge in [-0.05, 0) is 150 Å². The molecule has 0 unspecified atom stereocenters. The number of esters is 5. The highest BCUT2D eigenvalue weighted by molar-refractivity contribution is 7.23. The van der Waals surface area contributed by atoms with Crippen molar-refractivity contribution in [2.45, 2.75) is 88.7 Å². The molecule has 115 heavy (non-hydrogen) atoms. The molecule has 48 heteroatoms. The average Bonchev–Trinajstić information content (AvgIpc) is 1.65. The van der Waals surface area contributed by atoms with E-state index in [4.69, 9.17) is 166 Å². The minimum Gasteiger partial charge on any atom is -0.693 e. The van der Waals surface area contributed by atoms with Gasteiger partial charge in [0, 0.05) is 0 Å². The Hall–Kier alpha value is -5.71. The first-order valence-corrected chi connectivity index (χ1v) is 42.0. The molecule has 1 amide bonds. The number of thiophene rings is 8. The van der Waals surface area contributed by atoms with Gasteiger partial charge in [-0.1, -0.05) is 156 Å². The molecular weight excluding hydrogens is 1930 g/mol. The number of rotatable bonds is 13. The molecule has 0 aliphatic carbocycles. The highest BCUT2D eigenvalue weighted by Gasteiger charge is 2.29. The number of nitrogens with zero attached hydrogens (tertiary/aromatic N) is 4. The van der Waals surface area contributed by atoms with Crippen LogP contribution in [0, 0.1) is 66.3 Å². The number of ketones is 2. The van der Waals surface area contributed by atoms with Gasteiger partial charge in [0.2, 0.25) is 28.3 Å². The van der Waals surface area contributed by atoms with E-state index in [1.165, 1.54) is 60.7 Å². The molecule has 0 aliphatic heterocycles. The van der Waals surface area contributed by atoms with Gasteiger partial charge in [0.1, 0.15) is 37.9 Å². The quantitative estimate of drug-likeness (QED) is 0.00718. The maximum Gasteiger partial charge on any atom is 0.452 e. The largest absolute Gasteiger partial charge is 0.693 e. The van der Waals surface area contributed by atoms with Crippen molar-refractivity contribution in [3.8, 4) is 0 Å². The third kappa shape index (κ3) is 31.8. The first-order chi connectivity index (χ1) is 53.5. The number of aliphatic hydroxyl groups excluding tert-OH is 3. The predicted molar refractivity (Wildman–Crippen MR) is 472 cm³/mol. The van der Waals surface area contributed by atoms with E-state index in [1.807, 2.05) is 13.0 Å². The fourth-order valence-electron chi connectivity index (χ4n) is 7.61. The van der Waals surface area contributed by atoms with Gasteiger partial charge >= 0.3 is 35.9 Å². The van der Waals surface area contributed by atoms with Crippen LogP contribution in [0.2, 0.25) is 56.4 Å². The molecule has 9 aromatic rings. The molecule has 0 bridgehead atoms. The van der Waals surface area contributed by atoms with Crippen LogP contribution >= 0.6 is 242 Å². The molecule has 9 rings (SSSR count). The Morgan fingerprint density at radius 1 is 0.539 bits per heavy atom. The van der Waals surface area contributed by atoms with Gasteiger partial charge in [0.25, 0.3) is 0 Å². The maximum atomic E-state index is 11.9. The van der Waals surface area contributed by atoms with Crippen LogP contribution in [0.5, 0.6) is 0 Å². The number of fused-ring (bicyclic) bond motifs is 1. The number of amides is 1. The Labute approximate surface area is 757 Å². The normalized spacial score (nSPS) is 11.0. The summed E-state index contributed by atoms with van der Waals surface area (Å²) in [6.07, 6.45) is -0.0695. The second kappa shape index (κ2) is 51.0. The van der Waals surface area contributed by atoms with Crippen molar-refractivity contribution in [3.63, 3.8) is 0 Å². The molecule has 0 saturated heterocycles. The van der Waals surface area contributed by atoms with Crippen molar-refractivity contribution in [1.29, 1.82) is 10.9 Å². The number of ether oxygens (including phenoxy) is 6. The van der Waals surface area contributed by atoms with Gasteiger partial charge in [-0.3, -0.25) is 24.9 Å². The Balaban J connectivity index is 0.000000670. The molecule has 9 aromatic heterocycles. The summed E-state index contributed by atoms with van der Waals surface area (Å²) >= 11 is 85.5. The molecule has 9 heterocycles. The molecule has 25 nitrogen and oxygen atoms in total. The number of carbonyl (C=O) groups is 8. The van der Waals surface area contributed by atoms with Gasteiger partial charge in [-0.25, -0.2) is 34.3 Å². The van der Waals surface area contributed by atoms with Crippen molar-refractivity contribution in [1.82, 2.24) is 10.2 Å². The van der Waals surface area contributed by atoms with E-state index in [0.29, 0.717) is 83.9 Å². The number of H-pyrrole nitrogens is 1. The van der Waals surface area contributed by atoms with Crippen molar-refractivity contribution in [3.05, 3.63) is 185 Å². The lowest BCUT2D eigenvalue weighted by molar-refractivity contribution is -0.137. The Kier molecular flexibility index (Phi) is 47.6. The van der Waals surface area contributed by atoms with E-state index in [0.717, 1.165) is 92.6 Å². The van der Waals surface area contributed by atoms with Crippen LogP contribution in [0.15, 0.2) is 60.5 Å². The molecule has 0 aromatic carbocycles. The zero-order valence-electron chi connectivity index (χ0n) is 62.5. The average molecular weight is 1990 g/mol. The summed E-state index contributed by atoms with van der Waals surface area (Å²) in [6, 6.07) is 3.96. The monoisotopic (exact) mass is 1980 g/mol. The summed E-state index contributed by atoms with van der Waals surface area (Å²) in [6.45, 7) is 20.5. The molecule has 619 valence electrons. The van der Waals surface area contributed by atoms with Crippen LogP contribution < -0.4 is 5.43 Å². The zero-order valence-corrected chi connectivity index (χ0v) is 78.8. The molecular formula is C67H62B2Cl13N7O18S8-. The van der Waals surface area contributed by atoms with Gasteiger partial charge in [0.15, 0.2) is 23.0 Å². The smallest absolute Gasteiger partial charge is 0.452 e. The number of methoxy groups -OCH3 is 5. The lowest BCUT2D eigenvalue weighted by Crippen LogP contribution is -2.24. The number of carbonyl (C=O) groups excluding carboxylic acids is 8. The van der Waals surface area contributed by atoms with Crippen molar-refractivity contribution < 1.29 is 82.1 Å². The topological polar surface area (TPSA) is 383 Å².